The maximum Gasteiger partial charge on any atom is 0.471 e. The molecule has 0 aliphatic heterocycles. The number of thioether (sulfide) groups is 1. The molecule has 148 valence electrons. The van der Waals surface area contributed by atoms with Crippen molar-refractivity contribution in [3.63, 3.8) is 0 Å². The zero-order valence-electron chi connectivity index (χ0n) is 15.1. The Bertz CT molecular complexity index is 1100. The molecule has 0 spiro atoms. The van der Waals surface area contributed by atoms with Crippen LogP contribution in [0.2, 0.25) is 0 Å². The summed E-state index contributed by atoms with van der Waals surface area (Å²) in [6.45, 7) is 1.63. The second kappa shape index (κ2) is 6.87. The summed E-state index contributed by atoms with van der Waals surface area (Å²) in [5, 5.41) is 4.52. The topological polar surface area (TPSA) is 86.7 Å². The zero-order valence-corrected chi connectivity index (χ0v) is 15.9. The van der Waals surface area contributed by atoms with Gasteiger partial charge in [-0.2, -0.15) is 18.2 Å². The van der Waals surface area contributed by atoms with E-state index in [1.807, 2.05) is 6.26 Å². The van der Waals surface area contributed by atoms with Crippen LogP contribution in [0.15, 0.2) is 20.7 Å². The van der Waals surface area contributed by atoms with Crippen LogP contribution in [-0.4, -0.2) is 30.9 Å². The van der Waals surface area contributed by atoms with Gasteiger partial charge in [0.05, 0.1) is 5.56 Å². The smallest absolute Gasteiger partial charge is 0.329 e. The minimum absolute atomic E-state index is 0.0147. The molecule has 3 heterocycles. The highest BCUT2D eigenvalue weighted by Crippen LogP contribution is 2.34. The van der Waals surface area contributed by atoms with Gasteiger partial charge in [-0.1, -0.05) is 29.8 Å². The molecule has 0 unspecified atom stereocenters. The summed E-state index contributed by atoms with van der Waals surface area (Å²) in [5.74, 6) is -1.86. The van der Waals surface area contributed by atoms with E-state index in [1.54, 1.807) is 17.7 Å². The van der Waals surface area contributed by atoms with Crippen LogP contribution >= 0.6 is 11.8 Å². The molecule has 0 amide bonds. The number of aryl methyl sites for hydroxylation is 1. The number of pyridine rings is 1. The Hall–Kier alpha value is -2.43. The number of halogens is 3. The fourth-order valence-electron chi connectivity index (χ4n) is 3.62. The van der Waals surface area contributed by atoms with E-state index in [1.165, 1.54) is 11.8 Å². The van der Waals surface area contributed by atoms with E-state index in [0.29, 0.717) is 21.8 Å². The third-order valence-corrected chi connectivity index (χ3v) is 5.51. The molecule has 11 heteroatoms. The van der Waals surface area contributed by atoms with Gasteiger partial charge in [-0.15, -0.1) is 0 Å². The first-order valence-electron chi connectivity index (χ1n) is 8.68. The number of fused-ring (bicyclic) bond motifs is 1. The second-order valence-electron chi connectivity index (χ2n) is 6.63. The van der Waals surface area contributed by atoms with Gasteiger partial charge in [0.15, 0.2) is 5.16 Å². The van der Waals surface area contributed by atoms with Crippen molar-refractivity contribution < 1.29 is 17.7 Å². The minimum Gasteiger partial charge on any atom is -0.329 e. The molecule has 3 aromatic heterocycles. The number of aromatic nitrogens is 5. The molecule has 0 saturated heterocycles. The molecule has 3 aromatic rings. The van der Waals surface area contributed by atoms with E-state index in [9.17, 15) is 18.0 Å². The van der Waals surface area contributed by atoms with Gasteiger partial charge in [0.1, 0.15) is 5.65 Å². The van der Waals surface area contributed by atoms with Crippen molar-refractivity contribution in [3.8, 4) is 11.4 Å². The Morgan fingerprint density at radius 3 is 2.57 bits per heavy atom. The van der Waals surface area contributed by atoms with Crippen LogP contribution in [0.1, 0.15) is 43.2 Å². The van der Waals surface area contributed by atoms with Crippen LogP contribution in [-0.2, 0) is 6.18 Å². The van der Waals surface area contributed by atoms with Crippen molar-refractivity contribution in [2.24, 2.45) is 0 Å². The van der Waals surface area contributed by atoms with E-state index < -0.39 is 17.6 Å². The normalized spacial score (nSPS) is 15.6. The van der Waals surface area contributed by atoms with Gasteiger partial charge in [0.25, 0.3) is 5.56 Å². The molecule has 28 heavy (non-hydrogen) atoms. The Labute approximate surface area is 161 Å². The van der Waals surface area contributed by atoms with E-state index in [-0.39, 0.29) is 17.4 Å². The van der Waals surface area contributed by atoms with Crippen molar-refractivity contribution >= 4 is 22.8 Å². The first-order valence-corrected chi connectivity index (χ1v) is 9.91. The van der Waals surface area contributed by atoms with Crippen LogP contribution in [0.25, 0.3) is 22.4 Å². The SMILES string of the molecule is CSc1ncc2c(C)c(-c3noc(C(F)(F)F)n3)c(=O)n(C3CCCC3)c2n1. The number of alkyl halides is 3. The Morgan fingerprint density at radius 2 is 1.96 bits per heavy atom. The van der Waals surface area contributed by atoms with Gasteiger partial charge in [-0.25, -0.2) is 9.97 Å². The first kappa shape index (κ1) is 18.9. The fraction of sp³-hybridized carbons (Fsp3) is 0.471. The predicted molar refractivity (Wildman–Crippen MR) is 96.1 cm³/mol. The van der Waals surface area contributed by atoms with Gasteiger partial charge < -0.3 is 4.52 Å². The molecule has 0 N–H and O–H groups in total. The standard InChI is InChI=1S/C17H16F3N5O2S/c1-8-10-7-21-16(28-2)23-13(10)25(9-5-3-4-6-9)14(26)11(8)12-22-15(27-24-12)17(18,19)20/h7,9H,3-6H2,1-2H3. The molecule has 0 atom stereocenters. The third kappa shape index (κ3) is 3.07. The van der Waals surface area contributed by atoms with Gasteiger partial charge in [-0.3, -0.25) is 9.36 Å². The van der Waals surface area contributed by atoms with Crippen molar-refractivity contribution in [1.82, 2.24) is 24.7 Å². The number of nitrogens with zero attached hydrogens (tertiary/aromatic N) is 5. The van der Waals surface area contributed by atoms with E-state index >= 15 is 0 Å². The van der Waals surface area contributed by atoms with Gasteiger partial charge in [-0.05, 0) is 31.6 Å². The molecule has 0 aromatic carbocycles. The number of rotatable bonds is 3. The molecule has 1 fully saturated rings. The van der Waals surface area contributed by atoms with Gasteiger partial charge in [0.2, 0.25) is 5.82 Å². The summed E-state index contributed by atoms with van der Waals surface area (Å²) in [6, 6.07) is -0.0760. The monoisotopic (exact) mass is 411 g/mol. The quantitative estimate of drug-likeness (QED) is 0.475. The predicted octanol–water partition coefficient (Wildman–Crippen LogP) is 4.01. The minimum atomic E-state index is -4.78. The van der Waals surface area contributed by atoms with Crippen LogP contribution in [0.3, 0.4) is 0 Å². The highest BCUT2D eigenvalue weighted by Gasteiger charge is 2.39. The average Bonchev–Trinajstić information content (AvgIpc) is 3.33. The lowest BCUT2D eigenvalue weighted by Crippen LogP contribution is -2.27. The molecule has 1 aliphatic carbocycles. The summed E-state index contributed by atoms with van der Waals surface area (Å²) in [5.41, 5.74) is 0.435. The molecule has 0 bridgehead atoms. The Balaban J connectivity index is 2.02. The van der Waals surface area contributed by atoms with Crippen LogP contribution in [0, 0.1) is 6.92 Å². The summed E-state index contributed by atoms with van der Waals surface area (Å²) >= 11 is 1.35. The lowest BCUT2D eigenvalue weighted by atomic mass is 10.1. The molecule has 0 radical (unpaired) electrons. The van der Waals surface area contributed by atoms with E-state index in [4.69, 9.17) is 0 Å². The summed E-state index contributed by atoms with van der Waals surface area (Å²) < 4.78 is 44.5. The summed E-state index contributed by atoms with van der Waals surface area (Å²) in [7, 11) is 0. The van der Waals surface area contributed by atoms with Crippen molar-refractivity contribution in [2.75, 3.05) is 6.26 Å². The molecular formula is C17H16F3N5O2S. The lowest BCUT2D eigenvalue weighted by molar-refractivity contribution is -0.159. The number of hydrogen-bond acceptors (Lipinski definition) is 7. The van der Waals surface area contributed by atoms with Crippen LogP contribution in [0.4, 0.5) is 13.2 Å². The van der Waals surface area contributed by atoms with Crippen molar-refractivity contribution in [3.05, 3.63) is 28.0 Å². The molecule has 4 rings (SSSR count). The van der Waals surface area contributed by atoms with Gasteiger partial charge >= 0.3 is 12.1 Å². The second-order valence-corrected chi connectivity index (χ2v) is 7.40. The molecule has 7 nitrogen and oxygen atoms in total. The van der Waals surface area contributed by atoms with Crippen LogP contribution < -0.4 is 5.56 Å². The molecule has 1 aliphatic rings. The highest BCUT2D eigenvalue weighted by atomic mass is 32.2. The molecular weight excluding hydrogens is 395 g/mol. The van der Waals surface area contributed by atoms with E-state index in [2.05, 4.69) is 24.6 Å². The number of hydrogen-bond donors (Lipinski definition) is 0. The maximum atomic E-state index is 13.3. The van der Waals surface area contributed by atoms with Crippen LogP contribution in [0.5, 0.6) is 0 Å². The largest absolute Gasteiger partial charge is 0.471 e. The van der Waals surface area contributed by atoms with Gasteiger partial charge in [0, 0.05) is 17.6 Å². The first-order chi connectivity index (χ1) is 13.3. The lowest BCUT2D eigenvalue weighted by Gasteiger charge is -2.19. The molecule has 1 saturated carbocycles. The van der Waals surface area contributed by atoms with Crippen molar-refractivity contribution in [2.45, 2.75) is 50.0 Å². The fourth-order valence-corrected chi connectivity index (χ4v) is 3.96. The summed E-state index contributed by atoms with van der Waals surface area (Å²) in [6.07, 6.45) is 2.19. The third-order valence-electron chi connectivity index (χ3n) is 4.95. The Kier molecular flexibility index (Phi) is 4.64. The maximum absolute atomic E-state index is 13.3. The summed E-state index contributed by atoms with van der Waals surface area (Å²) in [4.78, 5) is 25.5. The van der Waals surface area contributed by atoms with E-state index in [0.717, 1.165) is 25.7 Å². The average molecular weight is 411 g/mol. The highest BCUT2D eigenvalue weighted by molar-refractivity contribution is 7.98. The van der Waals surface area contributed by atoms with Crippen molar-refractivity contribution in [1.29, 1.82) is 0 Å². The zero-order chi connectivity index (χ0) is 20.1. The Morgan fingerprint density at radius 1 is 1.25 bits per heavy atom.